The molecule has 82 valence electrons. The zero-order chi connectivity index (χ0) is 11.4. The Balaban J connectivity index is 3.00. The van der Waals surface area contributed by atoms with Crippen LogP contribution in [0.15, 0.2) is 18.2 Å². The number of urea groups is 1. The van der Waals surface area contributed by atoms with Gasteiger partial charge in [-0.05, 0) is 30.5 Å². The molecule has 0 unspecified atom stereocenters. The van der Waals surface area contributed by atoms with Gasteiger partial charge in [0.2, 0.25) is 0 Å². The molecule has 1 N–H and O–H groups in total. The molecule has 0 atom stereocenters. The molecule has 0 spiro atoms. The highest BCUT2D eigenvalue weighted by Gasteiger charge is 2.12. The van der Waals surface area contributed by atoms with Gasteiger partial charge in [0.05, 0.1) is 5.69 Å². The zero-order valence-electron chi connectivity index (χ0n) is 9.24. The van der Waals surface area contributed by atoms with Crippen LogP contribution in [0, 0.1) is 6.92 Å². The number of thiol groups is 1. The third-order valence-electron chi connectivity index (χ3n) is 2.30. The highest BCUT2D eigenvalue weighted by atomic mass is 32.1. The number of amides is 2. The van der Waals surface area contributed by atoms with E-state index in [1.54, 1.807) is 7.05 Å². The largest absolute Gasteiger partial charge is 0.340 e. The van der Waals surface area contributed by atoms with Gasteiger partial charge >= 0.3 is 6.03 Å². The molecule has 0 aliphatic rings. The lowest BCUT2D eigenvalue weighted by atomic mass is 10.1. The molecular formula is C11H16N2OS. The topological polar surface area (TPSA) is 32.3 Å². The highest BCUT2D eigenvalue weighted by molar-refractivity contribution is 7.82. The quantitative estimate of drug-likeness (QED) is 0.743. The van der Waals surface area contributed by atoms with Gasteiger partial charge in [-0.25, -0.2) is 9.10 Å². The molecule has 0 heterocycles. The van der Waals surface area contributed by atoms with Crippen molar-refractivity contribution in [3.63, 3.8) is 0 Å². The summed E-state index contributed by atoms with van der Waals surface area (Å²) in [6.07, 6.45) is 0.994. The van der Waals surface area contributed by atoms with Crippen LogP contribution in [-0.2, 0) is 6.42 Å². The second kappa shape index (κ2) is 5.07. The number of hydrogen-bond donors (Lipinski definition) is 2. The van der Waals surface area contributed by atoms with Gasteiger partial charge in [-0.3, -0.25) is 0 Å². The van der Waals surface area contributed by atoms with Gasteiger partial charge in [0, 0.05) is 7.05 Å². The summed E-state index contributed by atoms with van der Waals surface area (Å²) in [5.41, 5.74) is 3.12. The summed E-state index contributed by atoms with van der Waals surface area (Å²) in [5, 5.41) is 2.53. The summed E-state index contributed by atoms with van der Waals surface area (Å²) < 4.78 is 1.31. The van der Waals surface area contributed by atoms with Crippen molar-refractivity contribution in [3.05, 3.63) is 29.3 Å². The van der Waals surface area contributed by atoms with Crippen molar-refractivity contribution in [1.82, 2.24) is 5.32 Å². The predicted molar refractivity (Wildman–Crippen MR) is 66.5 cm³/mol. The molecule has 0 radical (unpaired) electrons. The maximum Gasteiger partial charge on any atom is 0.331 e. The summed E-state index contributed by atoms with van der Waals surface area (Å²) >= 11 is 4.15. The van der Waals surface area contributed by atoms with Gasteiger partial charge in [0.25, 0.3) is 0 Å². The van der Waals surface area contributed by atoms with Crippen LogP contribution in [0.2, 0.25) is 0 Å². The number of aryl methyl sites for hydroxylation is 2. The molecule has 0 aliphatic heterocycles. The highest BCUT2D eigenvalue weighted by Crippen LogP contribution is 2.22. The van der Waals surface area contributed by atoms with E-state index in [1.165, 1.54) is 9.87 Å². The standard InChI is InChI=1S/C11H16N2OS/c1-4-9-5-6-10(8(2)7-9)13(15)11(14)12-3/h5-7,15H,4H2,1-3H3,(H,12,14). The average molecular weight is 224 g/mol. The van der Waals surface area contributed by atoms with Crippen LogP contribution in [0.3, 0.4) is 0 Å². The maximum atomic E-state index is 11.4. The Kier molecular flexibility index (Phi) is 4.03. The fourth-order valence-electron chi connectivity index (χ4n) is 1.39. The van der Waals surface area contributed by atoms with Crippen molar-refractivity contribution >= 4 is 24.5 Å². The number of benzene rings is 1. The van der Waals surface area contributed by atoms with Gasteiger partial charge < -0.3 is 5.32 Å². The van der Waals surface area contributed by atoms with Crippen molar-refractivity contribution < 1.29 is 4.79 Å². The molecule has 4 heteroatoms. The Hall–Kier alpha value is -1.16. The van der Waals surface area contributed by atoms with Crippen LogP contribution < -0.4 is 9.62 Å². The van der Waals surface area contributed by atoms with Crippen molar-refractivity contribution in [2.75, 3.05) is 11.4 Å². The minimum atomic E-state index is -0.231. The number of carbonyl (C=O) groups excluding carboxylic acids is 1. The first-order valence-corrected chi connectivity index (χ1v) is 5.30. The molecule has 0 bridgehead atoms. The van der Waals surface area contributed by atoms with Gasteiger partial charge in [-0.1, -0.05) is 31.9 Å². The predicted octanol–water partition coefficient (Wildman–Crippen LogP) is 2.55. The monoisotopic (exact) mass is 224 g/mol. The number of nitrogens with one attached hydrogen (secondary N) is 1. The van der Waals surface area contributed by atoms with Crippen LogP contribution in [-0.4, -0.2) is 13.1 Å². The Morgan fingerprint density at radius 3 is 2.67 bits per heavy atom. The first-order chi connectivity index (χ1) is 7.10. The number of carbonyl (C=O) groups is 1. The molecule has 0 aliphatic carbocycles. The normalized spacial score (nSPS) is 9.87. The lowest BCUT2D eigenvalue weighted by Crippen LogP contribution is -2.31. The molecule has 15 heavy (non-hydrogen) atoms. The Labute approximate surface area is 96.0 Å². The molecule has 3 nitrogen and oxygen atoms in total. The van der Waals surface area contributed by atoms with Crippen molar-refractivity contribution in [2.45, 2.75) is 20.3 Å². The van der Waals surface area contributed by atoms with E-state index in [-0.39, 0.29) is 6.03 Å². The number of anilines is 1. The molecule has 0 fully saturated rings. The van der Waals surface area contributed by atoms with Crippen LogP contribution >= 0.6 is 12.8 Å². The Morgan fingerprint density at radius 2 is 2.20 bits per heavy atom. The third-order valence-corrected chi connectivity index (χ3v) is 2.70. The smallest absolute Gasteiger partial charge is 0.331 e. The SMILES string of the molecule is CCc1ccc(N(S)C(=O)NC)c(C)c1. The molecule has 1 rings (SSSR count). The first-order valence-electron chi connectivity index (χ1n) is 4.90. The molecule has 2 amide bonds. The van der Waals surface area contributed by atoms with E-state index in [2.05, 4.69) is 31.1 Å². The lowest BCUT2D eigenvalue weighted by molar-refractivity contribution is 0.252. The summed E-state index contributed by atoms with van der Waals surface area (Å²) in [4.78, 5) is 11.4. The molecule has 0 saturated carbocycles. The van der Waals surface area contributed by atoms with E-state index in [9.17, 15) is 4.79 Å². The summed E-state index contributed by atoms with van der Waals surface area (Å²) in [7, 11) is 1.58. The fourth-order valence-corrected chi connectivity index (χ4v) is 1.71. The minimum absolute atomic E-state index is 0.231. The molecule has 0 saturated heterocycles. The lowest BCUT2D eigenvalue weighted by Gasteiger charge is -2.17. The van der Waals surface area contributed by atoms with Crippen LogP contribution in [0.25, 0.3) is 0 Å². The zero-order valence-corrected chi connectivity index (χ0v) is 10.1. The van der Waals surface area contributed by atoms with Gasteiger partial charge in [0.1, 0.15) is 0 Å². The molecule has 1 aromatic carbocycles. The van der Waals surface area contributed by atoms with Gasteiger partial charge in [-0.2, -0.15) is 0 Å². The third kappa shape index (κ3) is 2.65. The van der Waals surface area contributed by atoms with Crippen molar-refractivity contribution in [2.24, 2.45) is 0 Å². The van der Waals surface area contributed by atoms with E-state index in [1.807, 2.05) is 19.1 Å². The Bertz CT molecular complexity index is 366. The summed E-state index contributed by atoms with van der Waals surface area (Å²) in [5.74, 6) is 0. The van der Waals surface area contributed by atoms with E-state index < -0.39 is 0 Å². The van der Waals surface area contributed by atoms with E-state index >= 15 is 0 Å². The number of nitrogens with zero attached hydrogens (tertiary/aromatic N) is 1. The van der Waals surface area contributed by atoms with E-state index in [0.717, 1.165) is 17.7 Å². The minimum Gasteiger partial charge on any atom is -0.340 e. The van der Waals surface area contributed by atoms with Crippen LogP contribution in [0.1, 0.15) is 18.1 Å². The molecule has 0 aromatic heterocycles. The van der Waals surface area contributed by atoms with Crippen molar-refractivity contribution in [1.29, 1.82) is 0 Å². The molecule has 1 aromatic rings. The number of rotatable bonds is 2. The van der Waals surface area contributed by atoms with Crippen molar-refractivity contribution in [3.8, 4) is 0 Å². The average Bonchev–Trinajstić information content (AvgIpc) is 2.26. The fraction of sp³-hybridized carbons (Fsp3) is 0.364. The second-order valence-corrected chi connectivity index (χ2v) is 3.74. The second-order valence-electron chi connectivity index (χ2n) is 3.34. The first kappa shape index (κ1) is 11.9. The van der Waals surface area contributed by atoms with Crippen LogP contribution in [0.5, 0.6) is 0 Å². The van der Waals surface area contributed by atoms with E-state index in [0.29, 0.717) is 0 Å². The van der Waals surface area contributed by atoms with Gasteiger partial charge in [0.15, 0.2) is 0 Å². The Morgan fingerprint density at radius 1 is 1.53 bits per heavy atom. The number of hydrogen-bond acceptors (Lipinski definition) is 2. The summed E-state index contributed by atoms with van der Waals surface area (Å²) in [6.45, 7) is 4.08. The van der Waals surface area contributed by atoms with Gasteiger partial charge in [-0.15, -0.1) is 0 Å². The van der Waals surface area contributed by atoms with Crippen LogP contribution in [0.4, 0.5) is 10.5 Å². The summed E-state index contributed by atoms with van der Waals surface area (Å²) in [6, 6.07) is 5.76. The molecular weight excluding hydrogens is 208 g/mol. The maximum absolute atomic E-state index is 11.4. The van der Waals surface area contributed by atoms with E-state index in [4.69, 9.17) is 0 Å².